The van der Waals surface area contributed by atoms with Gasteiger partial charge in [-0.1, -0.05) is 0 Å². The molecule has 4 heterocycles. The Balaban J connectivity index is 1.46. The molecule has 1 spiro atoms. The van der Waals surface area contributed by atoms with E-state index in [-0.39, 0.29) is 11.3 Å². The van der Waals surface area contributed by atoms with E-state index in [4.69, 9.17) is 5.26 Å². The quantitative estimate of drug-likeness (QED) is 0.898. The zero-order chi connectivity index (χ0) is 18.7. The molecule has 0 aliphatic carbocycles. The van der Waals surface area contributed by atoms with Crippen molar-refractivity contribution in [3.8, 4) is 6.07 Å². The largest absolute Gasteiger partial charge is 0.356 e. The Kier molecular flexibility index (Phi) is 4.80. The van der Waals surface area contributed by atoms with E-state index in [1.807, 2.05) is 17.2 Å². The molecule has 2 aromatic rings. The zero-order valence-electron chi connectivity index (χ0n) is 15.4. The Hall–Kier alpha value is -2.88. The lowest BCUT2D eigenvalue weighted by Gasteiger charge is -2.48. The summed E-state index contributed by atoms with van der Waals surface area (Å²) >= 11 is 0. The number of carbonyl (C=O) groups is 1. The molecule has 2 aliphatic heterocycles. The molecule has 140 valence electrons. The van der Waals surface area contributed by atoms with Gasteiger partial charge in [-0.2, -0.15) is 5.26 Å². The number of nitrogens with one attached hydrogen (secondary N) is 1. The second-order valence-electron chi connectivity index (χ2n) is 7.68. The molecule has 0 saturated carbocycles. The normalized spacial score (nSPS) is 22.9. The molecule has 7 heteroatoms. The van der Waals surface area contributed by atoms with Gasteiger partial charge in [0.2, 0.25) is 5.91 Å². The smallest absolute Gasteiger partial charge is 0.222 e. The van der Waals surface area contributed by atoms with Crippen LogP contribution in [0.1, 0.15) is 36.9 Å². The third-order valence-electron chi connectivity index (χ3n) is 5.81. The average molecular weight is 364 g/mol. The molecule has 1 atom stereocenters. The van der Waals surface area contributed by atoms with Gasteiger partial charge >= 0.3 is 0 Å². The van der Waals surface area contributed by atoms with Crippen LogP contribution in [-0.2, 0) is 11.2 Å². The minimum absolute atomic E-state index is 0.116. The monoisotopic (exact) mass is 364 g/mol. The number of aromatic amines is 1. The van der Waals surface area contributed by atoms with Gasteiger partial charge in [0, 0.05) is 62.5 Å². The first-order valence-corrected chi connectivity index (χ1v) is 9.54. The summed E-state index contributed by atoms with van der Waals surface area (Å²) in [5.41, 5.74) is 1.81. The fraction of sp³-hybridized carbons (Fsp3) is 0.500. The Bertz CT molecular complexity index is 842. The van der Waals surface area contributed by atoms with Crippen molar-refractivity contribution in [3.05, 3.63) is 42.1 Å². The minimum Gasteiger partial charge on any atom is -0.356 e. The predicted molar refractivity (Wildman–Crippen MR) is 101 cm³/mol. The van der Waals surface area contributed by atoms with Gasteiger partial charge < -0.3 is 14.8 Å². The second kappa shape index (κ2) is 7.39. The molecule has 2 aromatic heterocycles. The summed E-state index contributed by atoms with van der Waals surface area (Å²) in [5.74, 6) is 1.12. The fourth-order valence-corrected chi connectivity index (χ4v) is 4.38. The Morgan fingerprint density at radius 3 is 3.07 bits per heavy atom. The van der Waals surface area contributed by atoms with Crippen LogP contribution in [0.5, 0.6) is 0 Å². The topological polar surface area (TPSA) is 88.9 Å². The molecule has 2 saturated heterocycles. The van der Waals surface area contributed by atoms with E-state index in [0.29, 0.717) is 12.0 Å². The van der Waals surface area contributed by atoms with Crippen molar-refractivity contribution in [2.45, 2.75) is 32.1 Å². The Labute approximate surface area is 159 Å². The molecule has 0 radical (unpaired) electrons. The van der Waals surface area contributed by atoms with Crippen LogP contribution >= 0.6 is 0 Å². The first-order chi connectivity index (χ1) is 13.2. The van der Waals surface area contributed by atoms with Crippen LogP contribution in [0.25, 0.3) is 0 Å². The maximum Gasteiger partial charge on any atom is 0.222 e. The molecule has 0 unspecified atom stereocenters. The molecule has 27 heavy (non-hydrogen) atoms. The number of likely N-dealkylation sites (tertiary alicyclic amines) is 1. The highest BCUT2D eigenvalue weighted by molar-refractivity contribution is 5.77. The summed E-state index contributed by atoms with van der Waals surface area (Å²) < 4.78 is 0. The zero-order valence-corrected chi connectivity index (χ0v) is 15.4. The lowest BCUT2D eigenvalue weighted by atomic mass is 9.73. The Morgan fingerprint density at radius 1 is 1.33 bits per heavy atom. The van der Waals surface area contributed by atoms with Gasteiger partial charge in [0.15, 0.2) is 0 Å². The molecule has 1 N–H and O–H groups in total. The summed E-state index contributed by atoms with van der Waals surface area (Å²) in [6.07, 6.45) is 9.77. The fourth-order valence-electron chi connectivity index (χ4n) is 4.38. The average Bonchev–Trinajstić information content (AvgIpc) is 3.23. The minimum atomic E-state index is 0.116. The maximum atomic E-state index is 12.5. The number of nitriles is 1. The van der Waals surface area contributed by atoms with Crippen molar-refractivity contribution in [1.82, 2.24) is 19.9 Å². The number of aromatic nitrogens is 3. The number of amides is 1. The predicted octanol–water partition coefficient (Wildman–Crippen LogP) is 2.13. The van der Waals surface area contributed by atoms with Crippen molar-refractivity contribution in [3.63, 3.8) is 0 Å². The number of hydrogen-bond donors (Lipinski definition) is 1. The van der Waals surface area contributed by atoms with Gasteiger partial charge in [0.05, 0.1) is 18.0 Å². The molecule has 2 aliphatic rings. The van der Waals surface area contributed by atoms with Crippen LogP contribution in [0, 0.1) is 16.7 Å². The lowest BCUT2D eigenvalue weighted by Crippen LogP contribution is -2.54. The molecule has 0 bridgehead atoms. The number of nitrogens with zero attached hydrogens (tertiary/aromatic N) is 5. The number of anilines is 1. The van der Waals surface area contributed by atoms with Gasteiger partial charge in [0.1, 0.15) is 5.82 Å². The highest BCUT2D eigenvalue weighted by Gasteiger charge is 2.41. The summed E-state index contributed by atoms with van der Waals surface area (Å²) in [4.78, 5) is 28.4. The van der Waals surface area contributed by atoms with Gasteiger partial charge in [-0.05, 0) is 31.4 Å². The van der Waals surface area contributed by atoms with Crippen LogP contribution in [0.4, 0.5) is 5.82 Å². The van der Waals surface area contributed by atoms with Gasteiger partial charge in [0.25, 0.3) is 0 Å². The molecule has 1 amide bonds. The molecule has 2 fully saturated rings. The highest BCUT2D eigenvalue weighted by Crippen LogP contribution is 2.40. The summed E-state index contributed by atoms with van der Waals surface area (Å²) in [5, 5.41) is 9.16. The van der Waals surface area contributed by atoms with E-state index < -0.39 is 0 Å². The summed E-state index contributed by atoms with van der Waals surface area (Å²) in [6.45, 7) is 3.37. The number of imidazole rings is 1. The third kappa shape index (κ3) is 3.80. The lowest BCUT2D eigenvalue weighted by molar-refractivity contribution is -0.137. The van der Waals surface area contributed by atoms with Crippen LogP contribution in [0.3, 0.4) is 0 Å². The molecule has 7 nitrogen and oxygen atoms in total. The van der Waals surface area contributed by atoms with Crippen LogP contribution in [-0.4, -0.2) is 51.9 Å². The van der Waals surface area contributed by atoms with Crippen LogP contribution < -0.4 is 4.90 Å². The van der Waals surface area contributed by atoms with Crippen molar-refractivity contribution >= 4 is 11.7 Å². The van der Waals surface area contributed by atoms with E-state index in [0.717, 1.165) is 63.4 Å². The van der Waals surface area contributed by atoms with Crippen molar-refractivity contribution < 1.29 is 4.79 Å². The summed E-state index contributed by atoms with van der Waals surface area (Å²) in [7, 11) is 0. The van der Waals surface area contributed by atoms with Crippen molar-refractivity contribution in [1.29, 1.82) is 5.26 Å². The number of H-pyrrole nitrogens is 1. The van der Waals surface area contributed by atoms with Crippen molar-refractivity contribution in [2.75, 3.05) is 31.1 Å². The van der Waals surface area contributed by atoms with E-state index in [9.17, 15) is 4.79 Å². The van der Waals surface area contributed by atoms with Crippen LogP contribution in [0.2, 0.25) is 0 Å². The van der Waals surface area contributed by atoms with E-state index in [1.54, 1.807) is 18.6 Å². The number of hydrogen-bond acceptors (Lipinski definition) is 5. The first-order valence-electron chi connectivity index (χ1n) is 9.54. The van der Waals surface area contributed by atoms with Crippen LogP contribution in [0.15, 0.2) is 30.9 Å². The van der Waals surface area contributed by atoms with E-state index >= 15 is 0 Å². The third-order valence-corrected chi connectivity index (χ3v) is 5.81. The first kappa shape index (κ1) is 17.5. The molecule has 0 aromatic carbocycles. The summed E-state index contributed by atoms with van der Waals surface area (Å²) in [6, 6.07) is 5.79. The standard InChI is InChI=1S/C20H24N6O/c21-11-16-3-7-23-18(10-16)25-8-1-5-20(13-25)6-2-19(27)26(14-20)9-4-17-12-22-15-24-17/h3,7,10,12,15H,1-2,4-6,8-9,13-14H2,(H,22,24)/t20-/m0/s1. The highest BCUT2D eigenvalue weighted by atomic mass is 16.2. The van der Waals surface area contributed by atoms with E-state index in [1.165, 1.54) is 0 Å². The van der Waals surface area contributed by atoms with Gasteiger partial charge in [-0.15, -0.1) is 0 Å². The van der Waals surface area contributed by atoms with E-state index in [2.05, 4.69) is 25.9 Å². The van der Waals surface area contributed by atoms with Crippen molar-refractivity contribution in [2.24, 2.45) is 5.41 Å². The number of rotatable bonds is 4. The SMILES string of the molecule is N#Cc1ccnc(N2CCC[C@]3(CCC(=O)N(CCc4cnc[nH]4)C3)C2)c1. The number of carbonyl (C=O) groups excluding carboxylic acids is 1. The molecule has 4 rings (SSSR count). The molecular formula is C20H24N6O. The Morgan fingerprint density at radius 2 is 2.26 bits per heavy atom. The van der Waals surface area contributed by atoms with Gasteiger partial charge in [-0.3, -0.25) is 4.79 Å². The van der Waals surface area contributed by atoms with Gasteiger partial charge in [-0.25, -0.2) is 9.97 Å². The maximum absolute atomic E-state index is 12.5. The molecular weight excluding hydrogens is 340 g/mol. The number of pyridine rings is 1. The number of piperidine rings is 2. The second-order valence-corrected chi connectivity index (χ2v) is 7.68.